The summed E-state index contributed by atoms with van der Waals surface area (Å²) in [5.74, 6) is -1.90. The third-order valence-electron chi connectivity index (χ3n) is 2.24. The van der Waals surface area contributed by atoms with Gasteiger partial charge in [0.2, 0.25) is 0 Å². The Morgan fingerprint density at radius 2 is 1.84 bits per heavy atom. The van der Waals surface area contributed by atoms with E-state index in [4.69, 9.17) is 5.73 Å². The van der Waals surface area contributed by atoms with Crippen molar-refractivity contribution in [1.82, 2.24) is 4.98 Å². The van der Waals surface area contributed by atoms with Crippen molar-refractivity contribution in [2.75, 3.05) is 5.73 Å². The third-order valence-corrected chi connectivity index (χ3v) is 3.32. The van der Waals surface area contributed by atoms with Gasteiger partial charge in [0.15, 0.2) is 5.69 Å². The number of nitrogens with zero attached hydrogens (tertiary/aromatic N) is 1. The Morgan fingerprint density at radius 3 is 2.26 bits per heavy atom. The molecule has 0 aliphatic carbocycles. The zero-order chi connectivity index (χ0) is 14.2. The number of halogens is 3. The molecule has 4 nitrogen and oxygen atoms in total. The number of rotatable bonds is 2. The van der Waals surface area contributed by atoms with E-state index >= 15 is 0 Å². The maximum absolute atomic E-state index is 12.6. The monoisotopic (exact) mass is 287 g/mol. The van der Waals surface area contributed by atoms with Crippen LogP contribution in [0.5, 0.6) is 0 Å². The van der Waals surface area contributed by atoms with E-state index in [0.29, 0.717) is 22.6 Å². The lowest BCUT2D eigenvalue weighted by Crippen LogP contribution is -2.24. The zero-order valence-corrected chi connectivity index (χ0v) is 10.0. The van der Waals surface area contributed by atoms with Gasteiger partial charge in [0.05, 0.1) is 10.8 Å². The molecule has 19 heavy (non-hydrogen) atoms. The van der Waals surface area contributed by atoms with Crippen LogP contribution in [0.25, 0.3) is 10.6 Å². The lowest BCUT2D eigenvalue weighted by Gasteiger charge is -2.05. The molecule has 0 atom stereocenters. The topological polar surface area (TPSA) is 79.0 Å². The Morgan fingerprint density at radius 1 is 1.26 bits per heavy atom. The van der Waals surface area contributed by atoms with Crippen molar-refractivity contribution in [1.29, 1.82) is 0 Å². The molecule has 0 saturated heterocycles. The molecule has 0 fully saturated rings. The fourth-order valence-corrected chi connectivity index (χ4v) is 2.33. The van der Waals surface area contributed by atoms with Crippen molar-refractivity contribution < 1.29 is 23.1 Å². The van der Waals surface area contributed by atoms with Crippen LogP contribution < -0.4 is 10.8 Å². The number of carbonyl (C=O) groups is 1. The highest BCUT2D eigenvalue weighted by atomic mass is 32.1. The van der Waals surface area contributed by atoms with E-state index in [1.807, 2.05) is 0 Å². The molecule has 0 amide bonds. The lowest BCUT2D eigenvalue weighted by molar-refractivity contribution is -0.255. The predicted octanol–water partition coefficient (Wildman–Crippen LogP) is 1.77. The van der Waals surface area contributed by atoms with Gasteiger partial charge in [0.1, 0.15) is 5.01 Å². The van der Waals surface area contributed by atoms with E-state index in [0.717, 1.165) is 0 Å². The van der Waals surface area contributed by atoms with E-state index in [9.17, 15) is 23.1 Å². The highest BCUT2D eigenvalue weighted by Crippen LogP contribution is 2.37. The minimum absolute atomic E-state index is 0.0495. The maximum atomic E-state index is 12.6. The number of carboxylic acid groups (broad SMARTS) is 1. The van der Waals surface area contributed by atoms with Gasteiger partial charge in [0, 0.05) is 11.3 Å². The molecule has 0 bridgehead atoms. The molecule has 0 aliphatic rings. The molecule has 8 heteroatoms. The van der Waals surface area contributed by atoms with Crippen LogP contribution in [0.3, 0.4) is 0 Å². The van der Waals surface area contributed by atoms with E-state index in [2.05, 4.69) is 4.98 Å². The molecule has 0 spiro atoms. The number of anilines is 1. The molecule has 2 aromatic rings. The van der Waals surface area contributed by atoms with Crippen LogP contribution in [0.1, 0.15) is 15.4 Å². The summed E-state index contributed by atoms with van der Waals surface area (Å²) in [4.78, 5) is 13.1. The van der Waals surface area contributed by atoms with E-state index in [-0.39, 0.29) is 5.01 Å². The van der Waals surface area contributed by atoms with Gasteiger partial charge in [-0.25, -0.2) is 4.98 Å². The second kappa shape index (κ2) is 4.54. The van der Waals surface area contributed by atoms with Crippen molar-refractivity contribution in [2.45, 2.75) is 6.18 Å². The van der Waals surface area contributed by atoms with Crippen molar-refractivity contribution in [3.05, 3.63) is 34.8 Å². The van der Waals surface area contributed by atoms with Gasteiger partial charge >= 0.3 is 6.18 Å². The first kappa shape index (κ1) is 13.3. The fraction of sp³-hybridized carbons (Fsp3) is 0.0909. The number of alkyl halides is 3. The highest BCUT2D eigenvalue weighted by Gasteiger charge is 2.37. The number of thiazole rings is 1. The summed E-state index contributed by atoms with van der Waals surface area (Å²) in [6.45, 7) is 0. The molecule has 100 valence electrons. The van der Waals surface area contributed by atoms with Crippen LogP contribution in [-0.2, 0) is 6.18 Å². The van der Waals surface area contributed by atoms with Gasteiger partial charge in [-0.15, -0.1) is 11.3 Å². The summed E-state index contributed by atoms with van der Waals surface area (Å²) in [5, 5.41) is 10.7. The van der Waals surface area contributed by atoms with Gasteiger partial charge in [-0.3, -0.25) is 0 Å². The molecule has 2 rings (SSSR count). The predicted molar refractivity (Wildman–Crippen MR) is 61.3 cm³/mol. The highest BCUT2D eigenvalue weighted by molar-refractivity contribution is 7.17. The van der Waals surface area contributed by atoms with Crippen LogP contribution in [0, 0.1) is 0 Å². The van der Waals surface area contributed by atoms with Crippen molar-refractivity contribution in [3.8, 4) is 10.6 Å². The lowest BCUT2D eigenvalue weighted by atomic mass is 10.2. The van der Waals surface area contributed by atoms with Crippen LogP contribution in [0.4, 0.5) is 18.9 Å². The van der Waals surface area contributed by atoms with Crippen LogP contribution in [0.2, 0.25) is 0 Å². The SMILES string of the molecule is Nc1ccc(-c2nc(C(F)(F)F)c(C(=O)[O-])s2)cc1. The molecule has 1 heterocycles. The molecular formula is C11H6F3N2O2S-. The molecule has 2 N–H and O–H groups in total. The average molecular weight is 287 g/mol. The number of carbonyl (C=O) groups excluding carboxylic acids is 1. The van der Waals surface area contributed by atoms with Gasteiger partial charge < -0.3 is 15.6 Å². The number of nitrogen functional groups attached to an aromatic ring is 1. The Balaban J connectivity index is 2.55. The van der Waals surface area contributed by atoms with Crippen molar-refractivity contribution in [2.24, 2.45) is 0 Å². The molecule has 1 aromatic heterocycles. The second-order valence-corrected chi connectivity index (χ2v) is 4.60. The first-order chi connectivity index (χ1) is 8.79. The minimum Gasteiger partial charge on any atom is -0.544 e. The van der Waals surface area contributed by atoms with Crippen LogP contribution in [-0.4, -0.2) is 11.0 Å². The summed E-state index contributed by atoms with van der Waals surface area (Å²) in [6.07, 6.45) is -4.84. The summed E-state index contributed by atoms with van der Waals surface area (Å²) in [7, 11) is 0. The summed E-state index contributed by atoms with van der Waals surface area (Å²) in [5.41, 5.74) is 4.82. The minimum atomic E-state index is -4.84. The van der Waals surface area contributed by atoms with Gasteiger partial charge in [-0.2, -0.15) is 13.2 Å². The van der Waals surface area contributed by atoms with E-state index in [1.54, 1.807) is 0 Å². The molecule has 1 aromatic carbocycles. The number of aromatic nitrogens is 1. The number of hydrogen-bond acceptors (Lipinski definition) is 5. The Kier molecular flexibility index (Phi) is 3.19. The Bertz CT molecular complexity index is 620. The van der Waals surface area contributed by atoms with Gasteiger partial charge in [-0.05, 0) is 24.3 Å². The normalized spacial score (nSPS) is 11.5. The van der Waals surface area contributed by atoms with Crippen molar-refractivity contribution in [3.63, 3.8) is 0 Å². The second-order valence-electron chi connectivity index (χ2n) is 3.60. The standard InChI is InChI=1S/C11H7F3N2O2S/c12-11(13,14)8-7(10(17)18)19-9(16-8)5-1-3-6(15)4-2-5/h1-4H,15H2,(H,17,18)/p-1. The largest absolute Gasteiger partial charge is 0.544 e. The summed E-state index contributed by atoms with van der Waals surface area (Å²) >= 11 is 0.419. The van der Waals surface area contributed by atoms with Gasteiger partial charge in [-0.1, -0.05) is 0 Å². The number of hydrogen-bond donors (Lipinski definition) is 1. The smallest absolute Gasteiger partial charge is 0.434 e. The van der Waals surface area contributed by atoms with E-state index < -0.39 is 22.7 Å². The van der Waals surface area contributed by atoms with Gasteiger partial charge in [0.25, 0.3) is 0 Å². The molecule has 0 saturated carbocycles. The first-order valence-corrected chi connectivity index (χ1v) is 5.76. The summed E-state index contributed by atoms with van der Waals surface area (Å²) in [6, 6.07) is 5.91. The average Bonchev–Trinajstić information content (AvgIpc) is 2.74. The third kappa shape index (κ3) is 2.68. The number of carboxylic acids is 1. The molecule has 0 radical (unpaired) electrons. The first-order valence-electron chi connectivity index (χ1n) is 4.94. The van der Waals surface area contributed by atoms with Crippen molar-refractivity contribution >= 4 is 23.0 Å². The van der Waals surface area contributed by atoms with E-state index in [1.165, 1.54) is 24.3 Å². The fourth-order valence-electron chi connectivity index (χ4n) is 1.40. The number of aromatic carboxylic acids is 1. The molecule has 0 unspecified atom stereocenters. The van der Waals surface area contributed by atoms with Crippen LogP contribution in [0.15, 0.2) is 24.3 Å². The number of benzene rings is 1. The Labute approximate surface area is 109 Å². The Hall–Kier alpha value is -2.09. The van der Waals surface area contributed by atoms with Crippen LogP contribution >= 0.6 is 11.3 Å². The quantitative estimate of drug-likeness (QED) is 0.854. The summed E-state index contributed by atoms with van der Waals surface area (Å²) < 4.78 is 37.9. The molecule has 0 aliphatic heterocycles. The molecular weight excluding hydrogens is 281 g/mol. The number of nitrogens with two attached hydrogens (primary N) is 1. The zero-order valence-electron chi connectivity index (χ0n) is 9.19. The maximum Gasteiger partial charge on any atom is 0.434 e.